The van der Waals surface area contributed by atoms with Gasteiger partial charge in [-0.15, -0.1) is 23.5 Å². The Bertz CT molecular complexity index is 1290. The molecule has 0 fully saturated rings. The maximum atomic E-state index is 2.41. The molecule has 38 heavy (non-hydrogen) atoms. The molecule has 0 aliphatic heterocycles. The largest absolute Gasteiger partial charge is 0.129 e. The van der Waals surface area contributed by atoms with Crippen molar-refractivity contribution in [3.63, 3.8) is 0 Å². The van der Waals surface area contributed by atoms with E-state index in [1.165, 1.54) is 92.1 Å². The highest BCUT2D eigenvalue weighted by atomic mass is 32.2. The van der Waals surface area contributed by atoms with Crippen LogP contribution >= 0.6 is 23.5 Å². The van der Waals surface area contributed by atoms with Crippen LogP contribution in [-0.4, -0.2) is 12.5 Å². The lowest BCUT2D eigenvalue weighted by molar-refractivity contribution is 0.625. The van der Waals surface area contributed by atoms with Gasteiger partial charge in [0.2, 0.25) is 0 Å². The van der Waals surface area contributed by atoms with Crippen molar-refractivity contribution in [2.45, 2.75) is 87.8 Å². The van der Waals surface area contributed by atoms with Gasteiger partial charge in [-0.05, 0) is 105 Å². The van der Waals surface area contributed by atoms with E-state index in [1.807, 2.05) is 23.5 Å². The van der Waals surface area contributed by atoms with Crippen LogP contribution in [0.4, 0.5) is 0 Å². The molecule has 0 bridgehead atoms. The summed E-state index contributed by atoms with van der Waals surface area (Å²) in [5, 5.41) is 5.35. The van der Waals surface area contributed by atoms with Crippen molar-refractivity contribution in [2.24, 2.45) is 0 Å². The van der Waals surface area contributed by atoms with Crippen molar-refractivity contribution in [1.82, 2.24) is 0 Å². The molecule has 0 aliphatic carbocycles. The average molecular weight is 541 g/mol. The Hall–Kier alpha value is -2.16. The van der Waals surface area contributed by atoms with Crippen molar-refractivity contribution in [1.29, 1.82) is 0 Å². The van der Waals surface area contributed by atoms with E-state index in [0.717, 1.165) is 0 Å². The molecule has 4 rings (SSSR count). The van der Waals surface area contributed by atoms with Gasteiger partial charge in [0.15, 0.2) is 0 Å². The fraction of sp³-hybridized carbons (Fsp3) is 0.389. The highest BCUT2D eigenvalue weighted by molar-refractivity contribution is 7.99. The molecule has 0 saturated heterocycles. The van der Waals surface area contributed by atoms with Gasteiger partial charge < -0.3 is 0 Å². The summed E-state index contributed by atoms with van der Waals surface area (Å²) < 4.78 is 0. The van der Waals surface area contributed by atoms with E-state index in [4.69, 9.17) is 0 Å². The van der Waals surface area contributed by atoms with E-state index in [2.05, 4.69) is 113 Å². The van der Waals surface area contributed by atoms with Gasteiger partial charge >= 0.3 is 0 Å². The minimum atomic E-state index is 0.616. The zero-order valence-corrected chi connectivity index (χ0v) is 25.8. The smallest absolute Gasteiger partial charge is 0.0148 e. The Morgan fingerprint density at radius 2 is 1.00 bits per heavy atom. The van der Waals surface area contributed by atoms with Crippen molar-refractivity contribution in [3.8, 4) is 0 Å². The summed E-state index contributed by atoms with van der Waals surface area (Å²) in [6, 6.07) is 23.6. The predicted molar refractivity (Wildman–Crippen MR) is 176 cm³/mol. The van der Waals surface area contributed by atoms with Crippen LogP contribution in [0.25, 0.3) is 33.7 Å². The van der Waals surface area contributed by atoms with Gasteiger partial charge in [-0.2, -0.15) is 0 Å². The van der Waals surface area contributed by atoms with Gasteiger partial charge in [0.1, 0.15) is 0 Å². The fourth-order valence-corrected chi connectivity index (χ4v) is 6.60. The number of fused-ring (bicyclic) bond motifs is 2. The number of rotatable bonds is 12. The van der Waals surface area contributed by atoms with E-state index in [1.54, 1.807) is 0 Å². The lowest BCUT2D eigenvalue weighted by Gasteiger charge is -2.14. The van der Waals surface area contributed by atoms with Crippen LogP contribution in [0.1, 0.15) is 100 Å². The Kier molecular flexibility index (Phi) is 10.4. The molecule has 2 heteroatoms. The van der Waals surface area contributed by atoms with E-state index in [0.29, 0.717) is 11.8 Å². The van der Waals surface area contributed by atoms with E-state index < -0.39 is 0 Å². The molecule has 0 N–H and O–H groups in total. The van der Waals surface area contributed by atoms with Crippen LogP contribution in [0.5, 0.6) is 0 Å². The zero-order chi connectivity index (χ0) is 27.1. The maximum absolute atomic E-state index is 2.41. The third kappa shape index (κ3) is 6.88. The molecule has 4 aromatic rings. The van der Waals surface area contributed by atoms with Crippen LogP contribution < -0.4 is 0 Å². The first-order valence-electron chi connectivity index (χ1n) is 14.4. The maximum Gasteiger partial charge on any atom is 0.0148 e. The van der Waals surface area contributed by atoms with Crippen LogP contribution in [0.2, 0.25) is 0 Å². The van der Waals surface area contributed by atoms with Gasteiger partial charge in [0.25, 0.3) is 0 Å². The normalized spacial score (nSPS) is 13.5. The monoisotopic (exact) mass is 540 g/mol. The van der Waals surface area contributed by atoms with Gasteiger partial charge in [-0.1, -0.05) is 102 Å². The Morgan fingerprint density at radius 3 is 1.37 bits per heavy atom. The van der Waals surface area contributed by atoms with Gasteiger partial charge in [0.05, 0.1) is 0 Å². The predicted octanol–water partition coefficient (Wildman–Crippen LogP) is 12.2. The van der Waals surface area contributed by atoms with Crippen LogP contribution in [0.15, 0.2) is 70.5 Å². The highest BCUT2D eigenvalue weighted by Crippen LogP contribution is 2.34. The molecule has 4 aromatic carbocycles. The van der Waals surface area contributed by atoms with Gasteiger partial charge in [0, 0.05) is 9.79 Å². The first kappa shape index (κ1) is 28.8. The van der Waals surface area contributed by atoms with Crippen LogP contribution in [-0.2, 0) is 0 Å². The summed E-state index contributed by atoms with van der Waals surface area (Å²) in [7, 11) is 0. The summed E-state index contributed by atoms with van der Waals surface area (Å²) in [6.45, 7) is 9.28. The molecule has 2 unspecified atom stereocenters. The van der Waals surface area contributed by atoms with E-state index in [-0.39, 0.29) is 0 Å². The second-order valence-corrected chi connectivity index (χ2v) is 12.5. The number of benzene rings is 4. The van der Waals surface area contributed by atoms with Crippen molar-refractivity contribution in [2.75, 3.05) is 12.5 Å². The Morgan fingerprint density at radius 1 is 0.579 bits per heavy atom. The molecule has 0 heterocycles. The zero-order valence-electron chi connectivity index (χ0n) is 24.1. The third-order valence-corrected chi connectivity index (χ3v) is 9.57. The molecular weight excluding hydrogens is 497 g/mol. The lowest BCUT2D eigenvalue weighted by Crippen LogP contribution is -1.94. The standard InChI is InChI=1S/C36H44S2/c1-7-9-11-25(3)27-13-15-29-21-31(35(37-5)23-33(29)19-27)17-18-32-22-30-16-14-28(26(4)12-10-8-2)20-34(30)24-36(32)38-6/h13-26H,7-12H2,1-6H3. The minimum absolute atomic E-state index is 0.616. The minimum Gasteiger partial charge on any atom is -0.129 e. The first-order valence-corrected chi connectivity index (χ1v) is 16.8. The molecule has 0 radical (unpaired) electrons. The summed E-state index contributed by atoms with van der Waals surface area (Å²) in [4.78, 5) is 2.67. The highest BCUT2D eigenvalue weighted by Gasteiger charge is 2.10. The molecule has 0 nitrogen and oxygen atoms in total. The number of thioether (sulfide) groups is 2. The van der Waals surface area contributed by atoms with Crippen molar-refractivity contribution in [3.05, 3.63) is 82.9 Å². The molecule has 0 saturated carbocycles. The van der Waals surface area contributed by atoms with Gasteiger partial charge in [-0.25, -0.2) is 0 Å². The van der Waals surface area contributed by atoms with E-state index in [9.17, 15) is 0 Å². The fourth-order valence-electron chi connectivity index (χ4n) is 5.39. The summed E-state index contributed by atoms with van der Waals surface area (Å²) in [5.74, 6) is 1.23. The second kappa shape index (κ2) is 13.8. The van der Waals surface area contributed by atoms with Crippen LogP contribution in [0, 0.1) is 0 Å². The second-order valence-electron chi connectivity index (χ2n) is 10.8. The molecular formula is C36H44S2. The summed E-state index contributed by atoms with van der Waals surface area (Å²) in [6.07, 6.45) is 16.6. The quantitative estimate of drug-likeness (QED) is 0.129. The molecule has 0 spiro atoms. The first-order chi connectivity index (χ1) is 18.5. The molecule has 0 amide bonds. The van der Waals surface area contributed by atoms with Crippen LogP contribution in [0.3, 0.4) is 0 Å². The van der Waals surface area contributed by atoms with Crippen molar-refractivity contribution >= 4 is 57.2 Å². The third-order valence-electron chi connectivity index (χ3n) is 7.99. The summed E-state index contributed by atoms with van der Waals surface area (Å²) in [5.41, 5.74) is 5.52. The molecule has 2 atom stereocenters. The number of hydrogen-bond donors (Lipinski definition) is 0. The SMILES string of the molecule is CCCCC(C)c1ccc2cc(C=Cc3cc4ccc(C(C)CCCC)cc4cc3SC)c(SC)cc2c1. The summed E-state index contributed by atoms with van der Waals surface area (Å²) >= 11 is 3.68. The average Bonchev–Trinajstić information content (AvgIpc) is 2.95. The topological polar surface area (TPSA) is 0 Å². The van der Waals surface area contributed by atoms with Crippen molar-refractivity contribution < 1.29 is 0 Å². The van der Waals surface area contributed by atoms with Gasteiger partial charge in [-0.3, -0.25) is 0 Å². The van der Waals surface area contributed by atoms with E-state index >= 15 is 0 Å². The lowest BCUT2D eigenvalue weighted by atomic mass is 9.93. The number of unbranched alkanes of at least 4 members (excludes halogenated alkanes) is 2. The number of hydrogen-bond acceptors (Lipinski definition) is 2. The molecule has 200 valence electrons. The Labute approximate surface area is 239 Å². The molecule has 0 aliphatic rings. The Balaban J connectivity index is 1.64. The molecule has 0 aromatic heterocycles.